The number of aromatic nitrogens is 5. The Hall–Kier alpha value is -4.92. The molecular weight excluding hydrogens is 434 g/mol. The van der Waals surface area contributed by atoms with Crippen LogP contribution in [0.4, 0.5) is 0 Å². The van der Waals surface area contributed by atoms with Gasteiger partial charge >= 0.3 is 17.1 Å². The molecule has 0 spiro atoms. The second kappa shape index (κ2) is 8.91. The van der Waals surface area contributed by atoms with Crippen molar-refractivity contribution in [3.8, 4) is 22.9 Å². The summed E-state index contributed by atoms with van der Waals surface area (Å²) >= 11 is 0. The Morgan fingerprint density at radius 3 is 2.15 bits per heavy atom. The van der Waals surface area contributed by atoms with Crippen LogP contribution in [0.5, 0.6) is 11.5 Å². The van der Waals surface area contributed by atoms with E-state index in [4.69, 9.17) is 4.74 Å². The van der Waals surface area contributed by atoms with E-state index in [1.165, 1.54) is 0 Å². The molecule has 9 heteroatoms. The summed E-state index contributed by atoms with van der Waals surface area (Å²) in [6, 6.07) is 22.7. The summed E-state index contributed by atoms with van der Waals surface area (Å²) in [5, 5.41) is 0. The number of nitrogens with zero attached hydrogens (tertiary/aromatic N) is 4. The van der Waals surface area contributed by atoms with Crippen LogP contribution in [-0.4, -0.2) is 23.7 Å². The molecule has 2 heterocycles. The molecule has 0 aliphatic heterocycles. The van der Waals surface area contributed by atoms with Crippen LogP contribution in [0.2, 0.25) is 0 Å². The molecule has 2 aromatic heterocycles. The van der Waals surface area contributed by atoms with E-state index in [2.05, 4.69) is 9.97 Å². The molecular formula is C25H19N5O4. The summed E-state index contributed by atoms with van der Waals surface area (Å²) in [6.07, 6.45) is 5.12. The molecule has 0 bridgehead atoms. The predicted molar refractivity (Wildman–Crippen MR) is 126 cm³/mol. The normalized spacial score (nSPS) is 10.8. The third-order valence-electron chi connectivity index (χ3n) is 5.20. The summed E-state index contributed by atoms with van der Waals surface area (Å²) < 4.78 is 9.75. The Kier molecular flexibility index (Phi) is 5.49. The van der Waals surface area contributed by atoms with Crippen LogP contribution in [0.3, 0.4) is 0 Å². The maximum Gasteiger partial charge on any atom is 0.345 e. The molecule has 0 saturated carbocycles. The first-order valence-corrected chi connectivity index (χ1v) is 10.5. The van der Waals surface area contributed by atoms with Gasteiger partial charge in [0.05, 0.1) is 24.2 Å². The van der Waals surface area contributed by atoms with Crippen LogP contribution in [0.1, 0.15) is 5.56 Å². The molecule has 0 unspecified atom stereocenters. The van der Waals surface area contributed by atoms with Crippen molar-refractivity contribution >= 4 is 0 Å². The number of rotatable bonds is 6. The number of para-hydroxylation sites is 2. The van der Waals surface area contributed by atoms with E-state index in [-0.39, 0.29) is 0 Å². The topological polar surface area (TPSA) is 104 Å². The number of benzene rings is 3. The smallest absolute Gasteiger partial charge is 0.345 e. The van der Waals surface area contributed by atoms with Crippen LogP contribution in [-0.2, 0) is 6.54 Å². The van der Waals surface area contributed by atoms with Gasteiger partial charge < -0.3 is 9.30 Å². The zero-order chi connectivity index (χ0) is 23.5. The molecule has 1 N–H and O–H groups in total. The van der Waals surface area contributed by atoms with Gasteiger partial charge in [0.25, 0.3) is 0 Å². The molecule has 3 aromatic carbocycles. The predicted octanol–water partition coefficient (Wildman–Crippen LogP) is 2.71. The molecule has 0 aliphatic carbocycles. The lowest BCUT2D eigenvalue weighted by Gasteiger charge is -2.15. The highest BCUT2D eigenvalue weighted by Crippen LogP contribution is 2.27. The number of H-pyrrole nitrogens is 1. The zero-order valence-corrected chi connectivity index (χ0v) is 17.9. The van der Waals surface area contributed by atoms with Crippen LogP contribution in [0, 0.1) is 0 Å². The number of nitrogens with one attached hydrogen (secondary N) is 1. The Morgan fingerprint density at radius 2 is 1.47 bits per heavy atom. The Bertz CT molecular complexity index is 1600. The molecule has 0 saturated heterocycles. The van der Waals surface area contributed by atoms with Crippen molar-refractivity contribution in [1.82, 2.24) is 23.7 Å². The van der Waals surface area contributed by atoms with Gasteiger partial charge in [0.2, 0.25) is 0 Å². The fourth-order valence-electron chi connectivity index (χ4n) is 3.63. The minimum atomic E-state index is -0.826. The zero-order valence-electron chi connectivity index (χ0n) is 17.9. The Labute approximate surface area is 192 Å². The Balaban J connectivity index is 1.65. The van der Waals surface area contributed by atoms with Gasteiger partial charge in [0, 0.05) is 18.0 Å². The third-order valence-corrected chi connectivity index (χ3v) is 5.20. The monoisotopic (exact) mass is 453 g/mol. The van der Waals surface area contributed by atoms with Gasteiger partial charge in [-0.3, -0.25) is 4.98 Å². The van der Waals surface area contributed by atoms with E-state index in [9.17, 15) is 14.4 Å². The number of ether oxygens (including phenoxy) is 1. The molecule has 0 fully saturated rings. The number of hydrogen-bond acceptors (Lipinski definition) is 5. The first-order valence-electron chi connectivity index (χ1n) is 10.5. The van der Waals surface area contributed by atoms with E-state index in [1.54, 1.807) is 67.3 Å². The average Bonchev–Trinajstić information content (AvgIpc) is 3.35. The van der Waals surface area contributed by atoms with Gasteiger partial charge in [-0.05, 0) is 42.5 Å². The van der Waals surface area contributed by atoms with E-state index in [1.807, 2.05) is 34.9 Å². The lowest BCUT2D eigenvalue weighted by Crippen LogP contribution is -2.48. The van der Waals surface area contributed by atoms with E-state index in [0.29, 0.717) is 35.0 Å². The van der Waals surface area contributed by atoms with Crippen molar-refractivity contribution in [2.24, 2.45) is 0 Å². The first kappa shape index (κ1) is 21.0. The second-order valence-corrected chi connectivity index (χ2v) is 7.47. The van der Waals surface area contributed by atoms with Gasteiger partial charge in [-0.25, -0.2) is 28.5 Å². The highest BCUT2D eigenvalue weighted by Gasteiger charge is 2.15. The van der Waals surface area contributed by atoms with E-state index in [0.717, 1.165) is 9.13 Å². The van der Waals surface area contributed by atoms with Gasteiger partial charge in [-0.15, -0.1) is 0 Å². The molecule has 0 aliphatic rings. The SMILES string of the molecule is O=c1[nH]c(=O)n(-c2ccc(Oc3ccccc3)c(Cn3ccnc3)c2)c(=O)n1-c1ccccc1. The van der Waals surface area contributed by atoms with Crippen molar-refractivity contribution < 1.29 is 4.74 Å². The van der Waals surface area contributed by atoms with Gasteiger partial charge in [0.1, 0.15) is 11.5 Å². The minimum Gasteiger partial charge on any atom is -0.457 e. The molecule has 168 valence electrons. The standard InChI is InChI=1S/C25H19N5O4/c31-23-27-24(32)30(25(33)29(23)19-7-3-1-4-8-19)20-11-12-22(34-21-9-5-2-6-10-21)18(15-20)16-28-14-13-26-17-28/h1-15,17H,16H2,(H,27,31,32). The maximum atomic E-state index is 13.3. The lowest BCUT2D eigenvalue weighted by molar-refractivity contribution is 0.474. The second-order valence-electron chi connectivity index (χ2n) is 7.47. The third kappa shape index (κ3) is 4.09. The van der Waals surface area contributed by atoms with Crippen molar-refractivity contribution in [3.63, 3.8) is 0 Å². The summed E-state index contributed by atoms with van der Waals surface area (Å²) in [6.45, 7) is 0.390. The molecule has 0 atom stereocenters. The largest absolute Gasteiger partial charge is 0.457 e. The van der Waals surface area contributed by atoms with Crippen molar-refractivity contribution in [2.45, 2.75) is 6.54 Å². The highest BCUT2D eigenvalue weighted by molar-refractivity contribution is 5.46. The van der Waals surface area contributed by atoms with Gasteiger partial charge in [-0.2, -0.15) is 0 Å². The van der Waals surface area contributed by atoms with Gasteiger partial charge in [-0.1, -0.05) is 36.4 Å². The summed E-state index contributed by atoms with van der Waals surface area (Å²) in [5.74, 6) is 1.21. The molecule has 0 amide bonds. The van der Waals surface area contributed by atoms with Crippen LogP contribution >= 0.6 is 0 Å². The fraction of sp³-hybridized carbons (Fsp3) is 0.0400. The first-order chi connectivity index (χ1) is 16.6. The number of aromatic amines is 1. The molecule has 5 rings (SSSR count). The Morgan fingerprint density at radius 1 is 0.794 bits per heavy atom. The van der Waals surface area contributed by atoms with Crippen molar-refractivity contribution in [3.05, 3.63) is 135 Å². The molecule has 5 aromatic rings. The average molecular weight is 453 g/mol. The highest BCUT2D eigenvalue weighted by atomic mass is 16.5. The quantitative estimate of drug-likeness (QED) is 0.426. The minimum absolute atomic E-state index is 0.298. The lowest BCUT2D eigenvalue weighted by atomic mass is 10.1. The molecule has 9 nitrogen and oxygen atoms in total. The maximum absolute atomic E-state index is 13.3. The van der Waals surface area contributed by atoms with Crippen LogP contribution in [0.25, 0.3) is 11.4 Å². The molecule has 34 heavy (non-hydrogen) atoms. The number of imidazole rings is 1. The summed E-state index contributed by atoms with van der Waals surface area (Å²) in [7, 11) is 0. The van der Waals surface area contributed by atoms with E-state index < -0.39 is 17.1 Å². The fourth-order valence-corrected chi connectivity index (χ4v) is 3.63. The molecule has 0 radical (unpaired) electrons. The van der Waals surface area contributed by atoms with Crippen molar-refractivity contribution in [1.29, 1.82) is 0 Å². The summed E-state index contributed by atoms with van der Waals surface area (Å²) in [5.41, 5.74) is -1.04. The van der Waals surface area contributed by atoms with Crippen LogP contribution in [0.15, 0.2) is 112 Å². The van der Waals surface area contributed by atoms with E-state index >= 15 is 0 Å². The van der Waals surface area contributed by atoms with Crippen molar-refractivity contribution in [2.75, 3.05) is 0 Å². The number of hydrogen-bond donors (Lipinski definition) is 1. The van der Waals surface area contributed by atoms with Crippen LogP contribution < -0.4 is 21.8 Å². The van der Waals surface area contributed by atoms with Gasteiger partial charge in [0.15, 0.2) is 0 Å². The summed E-state index contributed by atoms with van der Waals surface area (Å²) in [4.78, 5) is 44.7.